The molecule has 10 aromatic rings. The first-order chi connectivity index (χ1) is 68.6. The summed E-state index contributed by atoms with van der Waals surface area (Å²) in [5.74, 6) is 3.64. The van der Waals surface area contributed by atoms with E-state index in [-0.39, 0.29) is 35.0 Å². The molecule has 9 fully saturated rings. The van der Waals surface area contributed by atoms with Crippen LogP contribution in [0.2, 0.25) is 0 Å². The number of aryl methyl sites for hydroxylation is 6. The van der Waals surface area contributed by atoms with Gasteiger partial charge < -0.3 is 33.8 Å². The highest BCUT2D eigenvalue weighted by molar-refractivity contribution is 6.09. The third kappa shape index (κ3) is 15.8. The zero-order valence-corrected chi connectivity index (χ0v) is 77.4. The molecule has 2 spiro atoms. The molecule has 123 heavy (non-hydrogen) atoms. The lowest BCUT2D eigenvalue weighted by Crippen LogP contribution is -2.57. The van der Waals surface area contributed by atoms with Crippen molar-refractivity contribution in [2.45, 2.75) is 352 Å². The predicted molar refractivity (Wildman–Crippen MR) is 529 cm³/mol. The number of furan rings is 1. The van der Waals surface area contributed by atoms with Crippen molar-refractivity contribution in [1.82, 2.24) is 4.98 Å². The van der Waals surface area contributed by atoms with Gasteiger partial charge in [0.25, 0.3) is 0 Å². The number of aromatic nitrogens is 1. The molecule has 0 radical (unpaired) electrons. The summed E-state index contributed by atoms with van der Waals surface area (Å²) in [5, 5.41) is 1.69. The van der Waals surface area contributed by atoms with Crippen molar-refractivity contribution in [3.05, 3.63) is 245 Å². The normalized spacial score (nSPS) is 34.7. The van der Waals surface area contributed by atoms with E-state index in [0.717, 1.165) is 91.7 Å². The van der Waals surface area contributed by atoms with Crippen molar-refractivity contribution in [3.8, 4) is 0 Å². The molecule has 4 bridgehead atoms. The van der Waals surface area contributed by atoms with Gasteiger partial charge in [-0.1, -0.05) is 220 Å². The lowest BCUT2D eigenvalue weighted by Gasteiger charge is -2.62. The molecule has 5 saturated carbocycles. The molecule has 8 heteroatoms. The van der Waals surface area contributed by atoms with Crippen molar-refractivity contribution < 1.29 is 40.1 Å². The Morgan fingerprint density at radius 1 is 0.350 bits per heavy atom. The zero-order chi connectivity index (χ0) is 111. The number of anilines is 8. The fourth-order valence-corrected chi connectivity index (χ4v) is 24.6. The van der Waals surface area contributed by atoms with Crippen LogP contribution in [-0.2, 0) is 10.8 Å². The summed E-state index contributed by atoms with van der Waals surface area (Å²) in [6.45, 7) is 25.9. The van der Waals surface area contributed by atoms with E-state index in [1.54, 1.807) is 55.8 Å². The van der Waals surface area contributed by atoms with E-state index in [1.807, 2.05) is 170 Å². The molecule has 0 N–H and O–H groups in total. The molecule has 21 rings (SSSR count). The van der Waals surface area contributed by atoms with Gasteiger partial charge in [-0.05, 0) is 342 Å². The van der Waals surface area contributed by atoms with Gasteiger partial charge in [0.2, 0.25) is 0 Å². The van der Waals surface area contributed by atoms with Crippen molar-refractivity contribution in [2.24, 2.45) is 45.3 Å². The fraction of sp³-hybridized carbons (Fsp3) is 0.539. The molecule has 4 saturated heterocycles. The number of nitrogens with zero attached hydrogens (tertiary/aromatic N) is 7. The molecular formula is C115H155N7O. The molecule has 8 heterocycles. The van der Waals surface area contributed by atoms with Gasteiger partial charge in [-0.3, -0.25) is 0 Å². The Balaban J connectivity index is 0.000000134. The molecule has 5 aliphatic carbocycles. The highest BCUT2D eigenvalue weighted by atomic mass is 16.3. The van der Waals surface area contributed by atoms with Crippen LogP contribution >= 0.6 is 0 Å². The lowest BCUT2D eigenvalue weighted by atomic mass is 9.43. The van der Waals surface area contributed by atoms with Gasteiger partial charge in [0.05, 0.1) is 5.69 Å². The first kappa shape index (κ1) is 61.8. The number of hydrogen-bond donors (Lipinski definition) is 0. The Morgan fingerprint density at radius 2 is 0.756 bits per heavy atom. The minimum absolute atomic E-state index is 0.140. The van der Waals surface area contributed by atoms with E-state index < -0.39 is 123 Å². The Hall–Kier alpha value is -8.49. The Morgan fingerprint density at radius 3 is 1.26 bits per heavy atom. The third-order valence-electron chi connectivity index (χ3n) is 30.6. The monoisotopic (exact) mass is 1680 g/mol. The Labute approximate surface area is 781 Å². The van der Waals surface area contributed by atoms with E-state index in [9.17, 15) is 2.74 Å². The quantitative estimate of drug-likeness (QED) is 0.163. The second-order valence-electron chi connectivity index (χ2n) is 40.5. The van der Waals surface area contributed by atoms with Crippen LogP contribution in [0.15, 0.2) is 205 Å². The van der Waals surface area contributed by atoms with Crippen LogP contribution in [0, 0.1) is 86.9 Å². The maximum atomic E-state index is 9.52. The molecule has 656 valence electrons. The number of rotatable bonds is 6. The molecule has 0 amide bonds. The molecule has 8 unspecified atom stereocenters. The molecule has 2 aromatic heterocycles. The molecular weight excluding hydrogens is 1500 g/mol. The molecule has 11 aliphatic rings. The largest absolute Gasteiger partial charge is 0.454 e. The zero-order valence-electron chi connectivity index (χ0n) is 103. The molecule has 8 atom stereocenters. The van der Waals surface area contributed by atoms with E-state index in [1.165, 1.54) is 87.7 Å². The fourth-order valence-electron chi connectivity index (χ4n) is 24.6. The van der Waals surface area contributed by atoms with Crippen LogP contribution in [0.5, 0.6) is 0 Å². The van der Waals surface area contributed by atoms with Gasteiger partial charge in [-0.15, -0.1) is 0 Å². The Kier molecular flexibility index (Phi) is 16.6. The summed E-state index contributed by atoms with van der Waals surface area (Å²) in [5.41, 5.74) is 4.79. The van der Waals surface area contributed by atoms with Gasteiger partial charge in [-0.2, -0.15) is 0 Å². The number of hydrogen-bond acceptors (Lipinski definition) is 8. The summed E-state index contributed by atoms with van der Waals surface area (Å²) in [6.07, 6.45) is 6.44. The predicted octanol–water partition coefficient (Wildman–Crippen LogP) is 30.9. The van der Waals surface area contributed by atoms with Gasteiger partial charge in [0.15, 0.2) is 5.58 Å². The van der Waals surface area contributed by atoms with Crippen molar-refractivity contribution >= 4 is 67.6 Å². The summed E-state index contributed by atoms with van der Waals surface area (Å²) in [4.78, 5) is 16.9. The number of pyridine rings is 1. The van der Waals surface area contributed by atoms with Crippen LogP contribution in [0.1, 0.15) is 322 Å². The SMILES string of the molecule is [2H]C([2H])([2H])C1(C([2H])([2H])[2H])C(C)N(c2c(C)ccc3c2oc2ccccc23)C(C)(C)C1([2H])[2H].[2H]C([2H])([2H])C1(C([2H])([2H])[2H])C(C)N(c2ccccc2C)C(C)(C)C1([2H])[2H].[2H]C([2H])([2H])C1(C)c2ccccc2N(c2ccccc2C)C1C.[2H]C([2H])([2H])C1(C)c2cccnc2N(c2ccccc2C)C1C.[2H]C1([2H])C2(C3CC4CC(C3)CC2C4)C(C)N(c2ccccc2C)C1(C)C.[2H]C1([2H])C2(CCCCC2)C(C)N(c2ccccc2C)C1(C)C. The standard InChI is InChI=1S/C23H33N.C22H27NO.C19H29N.C18H21N.C17H20N2.C16H25N/c1-15-7-5-6-8-21(15)24-16(2)23(14-22(24,3)4)19-10-17-9-18(12-19)13-20(23)11-17;1-14-11-12-17-16-9-7-8-10-18(16)24-20(17)19(14)23-15(2)21(3,4)13-22(23,5)6;1-15-10-6-7-11-17(15)20-16(2)19(14-18(20,3)4)12-8-5-9-13-19;1-13-9-5-7-11-16(13)19-14(2)18(3,4)15-10-6-8-12-17(15)19;1-12-8-5-6-10-15(12)19-13(2)17(3,4)14-9-7-11-18-16(14)19;1-12-9-7-8-10-14(12)17-13(2)15(3,4)11-16(17,5)6/h5-8,16-20H,9-14H2,1-4H3;7-12,15H,13H2,1-6H3;6-7,10-11,16H,5,8-9,12-14H2,1-4H3;5-12,14H,1-4H3;5-11,13H,1-4H3;7-10,13H,11H2,1-6H3/i14D2;3D3,4D3,13D2;14D2;2*3D3;3D3,4D3,11D2. The summed E-state index contributed by atoms with van der Waals surface area (Å²) >= 11 is 0. The van der Waals surface area contributed by atoms with E-state index in [2.05, 4.69) is 148 Å². The van der Waals surface area contributed by atoms with Crippen LogP contribution < -0.4 is 29.4 Å². The Bertz CT molecular complexity index is 6390. The second-order valence-corrected chi connectivity index (χ2v) is 40.5. The van der Waals surface area contributed by atoms with Crippen LogP contribution in [0.25, 0.3) is 21.9 Å². The topological polar surface area (TPSA) is 45.5 Å². The van der Waals surface area contributed by atoms with E-state index in [0.29, 0.717) is 34.4 Å². The van der Waals surface area contributed by atoms with Crippen molar-refractivity contribution in [2.75, 3.05) is 29.4 Å². The molecule has 6 aliphatic heterocycles. The number of fused-ring (bicyclic) bond motifs is 5. The lowest BCUT2D eigenvalue weighted by molar-refractivity contribution is -0.113. The maximum Gasteiger partial charge on any atom is 0.158 e. The average molecular weight is 1680 g/mol. The minimum atomic E-state index is -3.08. The van der Waals surface area contributed by atoms with Gasteiger partial charge in [0, 0.05) is 162 Å². The van der Waals surface area contributed by atoms with Crippen LogP contribution in [-0.4, -0.2) is 63.4 Å². The maximum absolute atomic E-state index is 9.52. The van der Waals surface area contributed by atoms with E-state index in [4.69, 9.17) is 37.3 Å². The third-order valence-corrected chi connectivity index (χ3v) is 30.6. The van der Waals surface area contributed by atoms with Crippen LogP contribution in [0.4, 0.5) is 45.6 Å². The summed E-state index contributed by atoms with van der Waals surface area (Å²) < 4.78 is 225. The van der Waals surface area contributed by atoms with Gasteiger partial charge in [-0.25, -0.2) is 4.98 Å². The minimum Gasteiger partial charge on any atom is -0.454 e. The van der Waals surface area contributed by atoms with Crippen molar-refractivity contribution in [3.63, 3.8) is 0 Å². The van der Waals surface area contributed by atoms with Gasteiger partial charge in [0.1, 0.15) is 11.4 Å². The molecule has 8 aromatic carbocycles. The smallest absolute Gasteiger partial charge is 0.158 e. The summed E-state index contributed by atoms with van der Waals surface area (Å²) in [6, 6.07) is 61.2. The first-order valence-corrected chi connectivity index (χ1v) is 45.6. The number of benzene rings is 8. The van der Waals surface area contributed by atoms with Gasteiger partial charge >= 0.3 is 0 Å². The van der Waals surface area contributed by atoms with Crippen molar-refractivity contribution in [1.29, 1.82) is 0 Å². The summed E-state index contributed by atoms with van der Waals surface area (Å²) in [7, 11) is 0. The average Bonchev–Trinajstić information content (AvgIpc) is 1.50. The highest BCUT2D eigenvalue weighted by Crippen LogP contribution is 2.70. The second kappa shape index (κ2) is 33.0. The molecule has 8 nitrogen and oxygen atoms in total. The van der Waals surface area contributed by atoms with Crippen LogP contribution in [0.3, 0.4) is 0 Å². The number of para-hydroxylation sites is 7. The highest BCUT2D eigenvalue weighted by Gasteiger charge is 2.66. The first-order valence-electron chi connectivity index (χ1n) is 58.6. The van der Waals surface area contributed by atoms with E-state index >= 15 is 0 Å².